The molecule has 3 nitrogen and oxygen atoms in total. The number of halogens is 2. The first-order valence-corrected chi connectivity index (χ1v) is 7.97. The van der Waals surface area contributed by atoms with Crippen LogP contribution in [0.5, 0.6) is 5.75 Å². The van der Waals surface area contributed by atoms with E-state index >= 15 is 0 Å². The van der Waals surface area contributed by atoms with Crippen molar-refractivity contribution in [1.29, 1.82) is 0 Å². The van der Waals surface area contributed by atoms with Crippen molar-refractivity contribution < 1.29 is 4.74 Å². The van der Waals surface area contributed by atoms with Gasteiger partial charge < -0.3 is 4.74 Å². The zero-order chi connectivity index (χ0) is 16.4. The number of aryl methyl sites for hydroxylation is 2. The summed E-state index contributed by atoms with van der Waals surface area (Å²) in [6.45, 7) is 2.30. The van der Waals surface area contributed by atoms with E-state index in [0.717, 1.165) is 28.3 Å². The molecule has 23 heavy (non-hydrogen) atoms. The van der Waals surface area contributed by atoms with Crippen molar-refractivity contribution in [3.63, 3.8) is 0 Å². The van der Waals surface area contributed by atoms with Gasteiger partial charge in [-0.25, -0.2) is 0 Å². The highest BCUT2D eigenvalue weighted by Gasteiger charge is 2.09. The highest BCUT2D eigenvalue weighted by atomic mass is 35.5. The van der Waals surface area contributed by atoms with E-state index in [1.165, 1.54) is 0 Å². The van der Waals surface area contributed by atoms with Crippen molar-refractivity contribution in [3.05, 3.63) is 69.8 Å². The zero-order valence-electron chi connectivity index (χ0n) is 12.9. The summed E-state index contributed by atoms with van der Waals surface area (Å²) in [7, 11) is 1.93. The number of rotatable bonds is 4. The van der Waals surface area contributed by atoms with Gasteiger partial charge in [0.1, 0.15) is 12.4 Å². The van der Waals surface area contributed by atoms with Crippen LogP contribution in [0.15, 0.2) is 48.5 Å². The molecule has 118 valence electrons. The molecule has 1 heterocycles. The Morgan fingerprint density at radius 3 is 2.39 bits per heavy atom. The molecule has 5 heteroatoms. The van der Waals surface area contributed by atoms with E-state index in [2.05, 4.69) is 5.10 Å². The molecule has 0 N–H and O–H groups in total. The molecule has 0 radical (unpaired) electrons. The first-order valence-electron chi connectivity index (χ1n) is 7.21. The highest BCUT2D eigenvalue weighted by molar-refractivity contribution is 6.35. The van der Waals surface area contributed by atoms with Crippen LogP contribution in [-0.4, -0.2) is 9.78 Å². The molecule has 0 saturated heterocycles. The average Bonchev–Trinajstić information content (AvgIpc) is 2.86. The Kier molecular flexibility index (Phi) is 4.60. The molecule has 0 aliphatic heterocycles. The molecule has 0 amide bonds. The third kappa shape index (κ3) is 3.52. The van der Waals surface area contributed by atoms with Crippen LogP contribution in [0.4, 0.5) is 0 Å². The second-order valence-corrected chi connectivity index (χ2v) is 6.13. The summed E-state index contributed by atoms with van der Waals surface area (Å²) in [5.41, 5.74) is 3.87. The SMILES string of the molecule is Cc1cc(-c2cccc(OCc3c(Cl)cccc3Cl)c2)n(C)n1. The van der Waals surface area contributed by atoms with Gasteiger partial charge in [-0.15, -0.1) is 0 Å². The fourth-order valence-electron chi connectivity index (χ4n) is 2.45. The Labute approximate surface area is 145 Å². The lowest BCUT2D eigenvalue weighted by atomic mass is 10.1. The van der Waals surface area contributed by atoms with Crippen LogP contribution in [0.1, 0.15) is 11.3 Å². The molecule has 0 unspecified atom stereocenters. The van der Waals surface area contributed by atoms with Gasteiger partial charge in [0, 0.05) is 28.2 Å². The topological polar surface area (TPSA) is 27.1 Å². The molecule has 3 rings (SSSR count). The van der Waals surface area contributed by atoms with E-state index in [0.29, 0.717) is 16.7 Å². The van der Waals surface area contributed by atoms with Crippen molar-refractivity contribution in [2.24, 2.45) is 7.05 Å². The number of nitrogens with zero attached hydrogens (tertiary/aromatic N) is 2. The number of ether oxygens (including phenoxy) is 1. The van der Waals surface area contributed by atoms with E-state index in [9.17, 15) is 0 Å². The Morgan fingerprint density at radius 2 is 1.74 bits per heavy atom. The number of aromatic nitrogens is 2. The van der Waals surface area contributed by atoms with E-state index in [4.69, 9.17) is 27.9 Å². The summed E-state index contributed by atoms with van der Waals surface area (Å²) >= 11 is 12.3. The smallest absolute Gasteiger partial charge is 0.120 e. The Hall–Kier alpha value is -1.97. The fourth-order valence-corrected chi connectivity index (χ4v) is 2.96. The first-order chi connectivity index (χ1) is 11.0. The third-order valence-electron chi connectivity index (χ3n) is 3.58. The maximum atomic E-state index is 6.17. The molecule has 0 spiro atoms. The summed E-state index contributed by atoms with van der Waals surface area (Å²) in [6.07, 6.45) is 0. The molecule has 1 aromatic heterocycles. The lowest BCUT2D eigenvalue weighted by Crippen LogP contribution is -1.98. The van der Waals surface area contributed by atoms with Gasteiger partial charge in [-0.3, -0.25) is 4.68 Å². The fraction of sp³-hybridized carbons (Fsp3) is 0.167. The zero-order valence-corrected chi connectivity index (χ0v) is 14.4. The summed E-state index contributed by atoms with van der Waals surface area (Å²) < 4.78 is 7.72. The summed E-state index contributed by atoms with van der Waals surface area (Å²) in [5, 5.41) is 5.59. The van der Waals surface area contributed by atoms with Crippen LogP contribution >= 0.6 is 23.2 Å². The third-order valence-corrected chi connectivity index (χ3v) is 4.28. The minimum absolute atomic E-state index is 0.326. The molecule has 0 fully saturated rings. The first kappa shape index (κ1) is 15.9. The van der Waals surface area contributed by atoms with Gasteiger partial charge in [0.2, 0.25) is 0 Å². The molecule has 0 saturated carbocycles. The molecule has 0 aliphatic rings. The van der Waals surface area contributed by atoms with Crippen LogP contribution in [0.2, 0.25) is 10.0 Å². The molecular formula is C18H16Cl2N2O. The van der Waals surface area contributed by atoms with Crippen molar-refractivity contribution in [3.8, 4) is 17.0 Å². The van der Waals surface area contributed by atoms with Crippen molar-refractivity contribution in [1.82, 2.24) is 9.78 Å². The maximum absolute atomic E-state index is 6.17. The standard InChI is InChI=1S/C18H16Cl2N2O/c1-12-9-18(22(2)21-12)13-5-3-6-14(10-13)23-11-15-16(19)7-4-8-17(15)20/h3-10H,11H2,1-2H3. The maximum Gasteiger partial charge on any atom is 0.120 e. The Morgan fingerprint density at radius 1 is 1.04 bits per heavy atom. The van der Waals surface area contributed by atoms with Gasteiger partial charge in [0.05, 0.1) is 11.4 Å². The number of benzene rings is 2. The largest absolute Gasteiger partial charge is 0.489 e. The Balaban J connectivity index is 1.82. The second-order valence-electron chi connectivity index (χ2n) is 5.31. The van der Waals surface area contributed by atoms with Gasteiger partial charge in [-0.05, 0) is 37.3 Å². The van der Waals surface area contributed by atoms with Gasteiger partial charge in [-0.1, -0.05) is 41.4 Å². The van der Waals surface area contributed by atoms with E-state index in [1.54, 1.807) is 12.1 Å². The Bertz CT molecular complexity index is 823. The van der Waals surface area contributed by atoms with Crippen LogP contribution in [-0.2, 0) is 13.7 Å². The van der Waals surface area contributed by atoms with Gasteiger partial charge in [0.15, 0.2) is 0 Å². The quantitative estimate of drug-likeness (QED) is 0.642. The average molecular weight is 347 g/mol. The normalized spacial score (nSPS) is 10.8. The lowest BCUT2D eigenvalue weighted by molar-refractivity contribution is 0.306. The van der Waals surface area contributed by atoms with Gasteiger partial charge in [-0.2, -0.15) is 5.10 Å². The van der Waals surface area contributed by atoms with Gasteiger partial charge >= 0.3 is 0 Å². The van der Waals surface area contributed by atoms with E-state index in [1.807, 2.05) is 55.1 Å². The minimum atomic E-state index is 0.326. The van der Waals surface area contributed by atoms with Crippen LogP contribution < -0.4 is 4.74 Å². The highest BCUT2D eigenvalue weighted by Crippen LogP contribution is 2.28. The summed E-state index contributed by atoms with van der Waals surface area (Å²) in [4.78, 5) is 0. The monoisotopic (exact) mass is 346 g/mol. The van der Waals surface area contributed by atoms with Crippen LogP contribution in [0, 0.1) is 6.92 Å². The minimum Gasteiger partial charge on any atom is -0.489 e. The van der Waals surface area contributed by atoms with E-state index in [-0.39, 0.29) is 0 Å². The predicted octanol–water partition coefficient (Wildman–Crippen LogP) is 5.28. The van der Waals surface area contributed by atoms with E-state index < -0.39 is 0 Å². The predicted molar refractivity (Wildman–Crippen MR) is 94.2 cm³/mol. The number of hydrogen-bond acceptors (Lipinski definition) is 2. The van der Waals surface area contributed by atoms with Crippen molar-refractivity contribution in [2.45, 2.75) is 13.5 Å². The second kappa shape index (κ2) is 6.65. The van der Waals surface area contributed by atoms with Crippen molar-refractivity contribution >= 4 is 23.2 Å². The lowest BCUT2D eigenvalue weighted by Gasteiger charge is -2.10. The molecule has 0 aliphatic carbocycles. The molecule has 3 aromatic rings. The van der Waals surface area contributed by atoms with Crippen LogP contribution in [0.25, 0.3) is 11.3 Å². The molecule has 2 aromatic carbocycles. The summed E-state index contributed by atoms with van der Waals surface area (Å²) in [6, 6.07) is 15.4. The number of hydrogen-bond donors (Lipinski definition) is 0. The van der Waals surface area contributed by atoms with Crippen LogP contribution in [0.3, 0.4) is 0 Å². The molecule has 0 bridgehead atoms. The summed E-state index contributed by atoms with van der Waals surface area (Å²) in [5.74, 6) is 0.761. The van der Waals surface area contributed by atoms with Gasteiger partial charge in [0.25, 0.3) is 0 Å². The van der Waals surface area contributed by atoms with Crippen molar-refractivity contribution in [2.75, 3.05) is 0 Å². The molecular weight excluding hydrogens is 331 g/mol. The molecule has 0 atom stereocenters.